The van der Waals surface area contributed by atoms with E-state index >= 15 is 8.78 Å². The van der Waals surface area contributed by atoms with Crippen LogP contribution < -0.4 is 21.4 Å². The molecule has 41 heavy (non-hydrogen) atoms. The first kappa shape index (κ1) is 28.2. The summed E-state index contributed by atoms with van der Waals surface area (Å²) >= 11 is 0. The third-order valence-corrected chi connectivity index (χ3v) is 7.35. The highest BCUT2D eigenvalue weighted by atomic mass is 19.2. The van der Waals surface area contributed by atoms with Crippen molar-refractivity contribution >= 4 is 39.9 Å². The molecule has 1 aliphatic heterocycles. The van der Waals surface area contributed by atoms with Gasteiger partial charge in [0.1, 0.15) is 28.3 Å². The zero-order valence-corrected chi connectivity index (χ0v) is 21.7. The summed E-state index contributed by atoms with van der Waals surface area (Å²) in [6, 6.07) is -0.375. The predicted molar refractivity (Wildman–Crippen MR) is 139 cm³/mol. The molecule has 0 spiro atoms. The predicted octanol–water partition coefficient (Wildman–Crippen LogP) is 4.57. The average Bonchev–Trinajstić information content (AvgIpc) is 3.78. The molecule has 0 amide bonds. The van der Waals surface area contributed by atoms with Crippen LogP contribution >= 0.6 is 0 Å². The third-order valence-electron chi connectivity index (χ3n) is 7.35. The lowest BCUT2D eigenvalue weighted by Crippen LogP contribution is -2.40. The van der Waals surface area contributed by atoms with Crippen LogP contribution in [0.25, 0.3) is 10.9 Å². The van der Waals surface area contributed by atoms with Crippen molar-refractivity contribution in [3.05, 3.63) is 62.7 Å². The number of aromatic nitrogens is 1. The Kier molecular flexibility index (Phi) is 7.26. The fourth-order valence-electron chi connectivity index (χ4n) is 5.16. The van der Waals surface area contributed by atoms with Crippen LogP contribution in [0.3, 0.4) is 0 Å². The molecule has 4 N–H and O–H groups in total. The number of nitrogens with two attached hydrogens (primary N) is 1. The Morgan fingerprint density at radius 2 is 1.68 bits per heavy atom. The number of nitrogen functional groups attached to an aromatic ring is 1. The molecule has 218 valence electrons. The summed E-state index contributed by atoms with van der Waals surface area (Å²) < 4.78 is 81.1. The highest BCUT2D eigenvalue weighted by Crippen LogP contribution is 2.42. The molecule has 2 aliphatic rings. The van der Waals surface area contributed by atoms with Crippen molar-refractivity contribution in [2.75, 3.05) is 35.6 Å². The van der Waals surface area contributed by atoms with Crippen molar-refractivity contribution in [3.8, 4) is 0 Å². The maximum absolute atomic E-state index is 16.0. The molecule has 1 saturated heterocycles. The van der Waals surface area contributed by atoms with E-state index in [1.165, 1.54) is 16.4 Å². The van der Waals surface area contributed by atoms with Gasteiger partial charge in [-0.3, -0.25) is 4.79 Å². The highest BCUT2D eigenvalue weighted by molar-refractivity contribution is 6.00. The Labute approximate surface area is 229 Å². The molecule has 9 nitrogen and oxygen atoms in total. The van der Waals surface area contributed by atoms with Gasteiger partial charge in [-0.2, -0.15) is 0 Å². The van der Waals surface area contributed by atoms with Gasteiger partial charge in [0.25, 0.3) is 0 Å². The first-order valence-electron chi connectivity index (χ1n) is 12.9. The molecule has 14 heteroatoms. The van der Waals surface area contributed by atoms with Crippen LogP contribution in [0.4, 0.5) is 39.0 Å². The number of aromatic carboxylic acids is 1. The molecule has 2 heterocycles. The number of nitrogens with one attached hydrogen (secondary N) is 1. The van der Waals surface area contributed by atoms with E-state index in [1.807, 2.05) is 0 Å². The Balaban J connectivity index is 1.43. The minimum absolute atomic E-state index is 0.00997. The van der Waals surface area contributed by atoms with Crippen molar-refractivity contribution in [3.63, 3.8) is 0 Å². The maximum atomic E-state index is 16.0. The molecule has 0 radical (unpaired) electrons. The Bertz CT molecular complexity index is 1650. The van der Waals surface area contributed by atoms with Crippen molar-refractivity contribution in [2.24, 2.45) is 0 Å². The zero-order chi connectivity index (χ0) is 29.7. The molecule has 2 fully saturated rings. The van der Waals surface area contributed by atoms with E-state index < -0.39 is 86.1 Å². The number of piperidine rings is 1. The number of anilines is 3. The Morgan fingerprint density at radius 3 is 2.27 bits per heavy atom. The van der Waals surface area contributed by atoms with Crippen LogP contribution in [0, 0.1) is 29.1 Å². The number of hydrogen-bond donors (Lipinski definition) is 3. The summed E-state index contributed by atoms with van der Waals surface area (Å²) in [5.74, 6) is -9.46. The Hall–Kier alpha value is -4.36. The number of hydrogen-bond acceptors (Lipinski definition) is 7. The molecule has 0 bridgehead atoms. The second-order valence-corrected chi connectivity index (χ2v) is 9.96. The first-order valence-corrected chi connectivity index (χ1v) is 12.9. The lowest BCUT2D eigenvalue weighted by molar-refractivity contribution is 0.0518. The van der Waals surface area contributed by atoms with Crippen molar-refractivity contribution in [1.29, 1.82) is 0 Å². The lowest BCUT2D eigenvalue weighted by Gasteiger charge is -2.35. The van der Waals surface area contributed by atoms with Crippen LogP contribution in [0.1, 0.15) is 59.4 Å². The van der Waals surface area contributed by atoms with E-state index in [4.69, 9.17) is 5.73 Å². The zero-order valence-electron chi connectivity index (χ0n) is 21.7. The minimum atomic E-state index is -1.60. The minimum Gasteiger partial charge on any atom is -0.477 e. The van der Waals surface area contributed by atoms with Crippen LogP contribution in [0.2, 0.25) is 0 Å². The van der Waals surface area contributed by atoms with Gasteiger partial charge >= 0.3 is 11.9 Å². The lowest BCUT2D eigenvalue weighted by atomic mass is 10.0. The first-order chi connectivity index (χ1) is 19.5. The summed E-state index contributed by atoms with van der Waals surface area (Å²) in [6.07, 6.45) is 2.48. The fourth-order valence-corrected chi connectivity index (χ4v) is 5.16. The Morgan fingerprint density at radius 1 is 1.02 bits per heavy atom. The van der Waals surface area contributed by atoms with E-state index in [2.05, 4.69) is 10.1 Å². The monoisotopic (exact) mass is 580 g/mol. The molecule has 0 atom stereocenters. The summed E-state index contributed by atoms with van der Waals surface area (Å²) in [6.45, 7) is 1.32. The van der Waals surface area contributed by atoms with Crippen LogP contribution in [-0.2, 0) is 4.74 Å². The van der Waals surface area contributed by atoms with Gasteiger partial charge in [-0.15, -0.1) is 0 Å². The van der Waals surface area contributed by atoms with E-state index in [1.54, 1.807) is 0 Å². The molecule has 3 aromatic rings. The number of rotatable bonds is 7. The molecule has 1 saturated carbocycles. The van der Waals surface area contributed by atoms with Crippen molar-refractivity contribution in [1.82, 2.24) is 4.57 Å². The summed E-state index contributed by atoms with van der Waals surface area (Å²) in [4.78, 5) is 37.6. The largest absolute Gasteiger partial charge is 0.477 e. The number of carboxylic acid groups (broad SMARTS) is 1. The van der Waals surface area contributed by atoms with Crippen LogP contribution in [0.15, 0.2) is 17.1 Å². The number of esters is 1. The van der Waals surface area contributed by atoms with Gasteiger partial charge in [0.05, 0.1) is 23.2 Å². The number of carbonyl (C=O) groups excluding carboxylic acids is 1. The smallest absolute Gasteiger partial charge is 0.341 e. The summed E-state index contributed by atoms with van der Waals surface area (Å²) in [7, 11) is 0. The van der Waals surface area contributed by atoms with Gasteiger partial charge in [0.2, 0.25) is 5.43 Å². The molecule has 5 rings (SSSR count). The molecule has 1 aromatic heterocycles. The SMILES string of the molecule is CCOC(=O)c1cc(F)c(NC2CCN(c3c(F)c(N)c4c(=O)c(C(=O)O)cn(C5CC5)c4c3F)CC2)c(F)c1F. The highest BCUT2D eigenvalue weighted by Gasteiger charge is 2.34. The third kappa shape index (κ3) is 4.80. The number of carboxylic acids is 1. The number of ether oxygens (including phenoxy) is 1. The van der Waals surface area contributed by atoms with E-state index in [0.29, 0.717) is 18.9 Å². The van der Waals surface area contributed by atoms with E-state index in [-0.39, 0.29) is 44.1 Å². The van der Waals surface area contributed by atoms with E-state index in [9.17, 15) is 32.7 Å². The standard InChI is InChI=1S/C27H25F5N4O5/c1-2-41-27(40)13-9-15(28)22(18(30)17(13)29)34-11-5-7-35(8-6-11)24-19(31)21(33)16-23(20(24)32)36(12-3-4-12)10-14(25(16)37)26(38)39/h9-12,34H,2-8,33H2,1H3,(H,38,39). The number of fused-ring (bicyclic) bond motifs is 1. The molecular formula is C27H25F5N4O5. The molecule has 2 aromatic carbocycles. The van der Waals surface area contributed by atoms with Gasteiger partial charge in [-0.1, -0.05) is 0 Å². The molecule has 0 unspecified atom stereocenters. The maximum Gasteiger partial charge on any atom is 0.341 e. The van der Waals surface area contributed by atoms with Gasteiger partial charge in [0.15, 0.2) is 23.3 Å². The second kappa shape index (κ2) is 10.6. The van der Waals surface area contributed by atoms with Crippen LogP contribution in [-0.4, -0.2) is 47.4 Å². The number of carbonyl (C=O) groups is 2. The number of halogens is 5. The molecular weight excluding hydrogens is 555 g/mol. The second-order valence-electron chi connectivity index (χ2n) is 9.96. The van der Waals surface area contributed by atoms with Crippen LogP contribution in [0.5, 0.6) is 0 Å². The quantitative estimate of drug-likeness (QED) is 0.161. The average molecular weight is 581 g/mol. The number of pyridine rings is 1. The van der Waals surface area contributed by atoms with Gasteiger partial charge in [-0.25, -0.2) is 31.5 Å². The molecule has 1 aliphatic carbocycles. The van der Waals surface area contributed by atoms with Crippen molar-refractivity contribution < 1.29 is 41.4 Å². The summed E-state index contributed by atoms with van der Waals surface area (Å²) in [5, 5.41) is 11.5. The van der Waals surface area contributed by atoms with Gasteiger partial charge in [0, 0.05) is 31.4 Å². The number of benzene rings is 2. The van der Waals surface area contributed by atoms with Gasteiger partial charge < -0.3 is 30.4 Å². The normalized spacial score (nSPS) is 15.8. The fraction of sp³-hybridized carbons (Fsp3) is 0.370. The topological polar surface area (TPSA) is 127 Å². The van der Waals surface area contributed by atoms with Gasteiger partial charge in [-0.05, 0) is 38.7 Å². The summed E-state index contributed by atoms with van der Waals surface area (Å²) in [5.41, 5.74) is 1.04. The number of nitrogens with zero attached hydrogens (tertiary/aromatic N) is 2. The van der Waals surface area contributed by atoms with E-state index in [0.717, 1.165) is 6.20 Å². The van der Waals surface area contributed by atoms with Crippen molar-refractivity contribution in [2.45, 2.75) is 44.7 Å².